The highest BCUT2D eigenvalue weighted by Crippen LogP contribution is 2.40. The van der Waals surface area contributed by atoms with Gasteiger partial charge in [-0.25, -0.2) is 4.79 Å². The minimum Gasteiger partial charge on any atom is -0.395 e. The maximum Gasteiger partial charge on any atom is 0.351 e. The first kappa shape index (κ1) is 18.0. The van der Waals surface area contributed by atoms with Gasteiger partial charge in [-0.1, -0.05) is 30.3 Å². The number of ketones is 1. The summed E-state index contributed by atoms with van der Waals surface area (Å²) in [4.78, 5) is 28.6. The van der Waals surface area contributed by atoms with Crippen LogP contribution in [0, 0.1) is 0 Å². The first-order valence-corrected chi connectivity index (χ1v) is 7.71. The Hall–Kier alpha value is -2.79. The molecule has 10 nitrogen and oxygen atoms in total. The zero-order valence-corrected chi connectivity index (χ0v) is 13.5. The van der Waals surface area contributed by atoms with E-state index in [2.05, 4.69) is 4.98 Å². The number of hydrogen-bond donors (Lipinski definition) is 5. The van der Waals surface area contributed by atoms with E-state index in [0.717, 1.165) is 10.8 Å². The monoisotopic (exact) mass is 362 g/mol. The molecule has 1 aromatic heterocycles. The maximum absolute atomic E-state index is 12.9. The smallest absolute Gasteiger partial charge is 0.351 e. The third-order valence-corrected chi connectivity index (χ3v) is 4.33. The van der Waals surface area contributed by atoms with E-state index in [4.69, 9.17) is 16.2 Å². The number of anilines is 2. The number of carbonyl (C=O) groups excluding carboxylic acids is 1. The Labute approximate surface area is 147 Å². The number of nitrogens with zero attached hydrogens (tertiary/aromatic N) is 2. The number of carbonyl (C=O) groups is 1. The van der Waals surface area contributed by atoms with E-state index < -0.39 is 42.1 Å². The second-order valence-corrected chi connectivity index (χ2v) is 5.95. The Balaban J connectivity index is 2.15. The van der Waals surface area contributed by atoms with Crippen molar-refractivity contribution in [3.8, 4) is 0 Å². The van der Waals surface area contributed by atoms with Gasteiger partial charge in [-0.05, 0) is 0 Å². The molecule has 3 rings (SSSR count). The van der Waals surface area contributed by atoms with Crippen molar-refractivity contribution in [2.24, 2.45) is 0 Å². The molecule has 26 heavy (non-hydrogen) atoms. The number of hydrogen-bond acceptors (Lipinski definition) is 9. The molecule has 7 N–H and O–H groups in total. The van der Waals surface area contributed by atoms with E-state index in [-0.39, 0.29) is 17.1 Å². The van der Waals surface area contributed by atoms with Crippen molar-refractivity contribution >= 4 is 17.3 Å². The molecule has 10 heteroatoms. The van der Waals surface area contributed by atoms with Gasteiger partial charge >= 0.3 is 5.69 Å². The lowest BCUT2D eigenvalue weighted by atomic mass is 9.85. The van der Waals surface area contributed by atoms with Crippen LogP contribution in [0.25, 0.3) is 0 Å². The first-order chi connectivity index (χ1) is 12.3. The van der Waals surface area contributed by atoms with Crippen molar-refractivity contribution in [1.82, 2.24) is 9.55 Å². The number of rotatable bonds is 4. The predicted octanol–water partition coefficient (Wildman–Crippen LogP) is -1.73. The highest BCUT2D eigenvalue weighted by molar-refractivity contribution is 6.03. The SMILES string of the molecule is Nc1cn([C@@H]2O[C@H](CO)[C@@H](O)[C@@]2(O)C(=O)c2ccccc2)c(=O)nc1N. The van der Waals surface area contributed by atoms with E-state index in [0.29, 0.717) is 0 Å². The van der Waals surface area contributed by atoms with Crippen molar-refractivity contribution in [2.75, 3.05) is 18.1 Å². The Morgan fingerprint density at radius 1 is 1.31 bits per heavy atom. The van der Waals surface area contributed by atoms with Gasteiger partial charge in [0.15, 0.2) is 12.0 Å². The van der Waals surface area contributed by atoms with Gasteiger partial charge in [0.2, 0.25) is 11.4 Å². The highest BCUT2D eigenvalue weighted by atomic mass is 16.6. The van der Waals surface area contributed by atoms with Gasteiger partial charge in [-0.15, -0.1) is 0 Å². The molecule has 0 spiro atoms. The lowest BCUT2D eigenvalue weighted by molar-refractivity contribution is -0.0858. The van der Waals surface area contributed by atoms with Crippen molar-refractivity contribution in [1.29, 1.82) is 0 Å². The number of aliphatic hydroxyl groups is 3. The fraction of sp³-hybridized carbons (Fsp3) is 0.312. The average Bonchev–Trinajstić information content (AvgIpc) is 2.90. The second kappa shape index (κ2) is 6.50. The minimum atomic E-state index is -2.55. The standard InChI is InChI=1S/C16H18N4O6/c17-9-6-20(15(24)19-13(9)18)14-16(25,12(23)10(7-21)26-14)11(22)8-4-2-1-3-5-8/h1-6,10,12,14,21,23,25H,7,17H2,(H2,18,19,24)/t10-,12-,14-,16+/m1/s1. The molecule has 1 saturated heterocycles. The molecular formula is C16H18N4O6. The number of aromatic nitrogens is 2. The summed E-state index contributed by atoms with van der Waals surface area (Å²) in [6.45, 7) is -0.686. The molecule has 0 amide bonds. The summed E-state index contributed by atoms with van der Waals surface area (Å²) in [5, 5.41) is 30.9. The number of ether oxygens (including phenoxy) is 1. The number of benzene rings is 1. The quantitative estimate of drug-likeness (QED) is 0.396. The Morgan fingerprint density at radius 2 is 1.96 bits per heavy atom. The van der Waals surface area contributed by atoms with Crippen LogP contribution in [0.2, 0.25) is 0 Å². The number of Topliss-reactive ketones (excluding diaryl/α,β-unsaturated/α-hetero) is 1. The number of aliphatic hydroxyl groups excluding tert-OH is 2. The molecule has 1 aliphatic rings. The largest absolute Gasteiger partial charge is 0.395 e. The predicted molar refractivity (Wildman–Crippen MR) is 90.0 cm³/mol. The molecular weight excluding hydrogens is 344 g/mol. The maximum atomic E-state index is 12.9. The highest BCUT2D eigenvalue weighted by Gasteiger charge is 2.61. The lowest BCUT2D eigenvalue weighted by Gasteiger charge is -2.30. The molecule has 1 aromatic carbocycles. The van der Waals surface area contributed by atoms with E-state index >= 15 is 0 Å². The fourth-order valence-corrected chi connectivity index (χ4v) is 2.93. The first-order valence-electron chi connectivity index (χ1n) is 7.71. The summed E-state index contributed by atoms with van der Waals surface area (Å²) in [6, 6.07) is 7.70. The zero-order valence-electron chi connectivity index (χ0n) is 13.5. The van der Waals surface area contributed by atoms with Crippen LogP contribution in [0.15, 0.2) is 41.3 Å². The van der Waals surface area contributed by atoms with Crippen LogP contribution < -0.4 is 17.2 Å². The Morgan fingerprint density at radius 3 is 2.58 bits per heavy atom. The molecule has 1 aliphatic heterocycles. The summed E-state index contributed by atoms with van der Waals surface area (Å²) in [7, 11) is 0. The fourth-order valence-electron chi connectivity index (χ4n) is 2.93. The van der Waals surface area contributed by atoms with E-state index in [1.165, 1.54) is 12.1 Å². The van der Waals surface area contributed by atoms with Crippen molar-refractivity contribution < 1.29 is 24.9 Å². The molecule has 4 atom stereocenters. The summed E-state index contributed by atoms with van der Waals surface area (Å²) in [5.41, 5.74) is 7.65. The van der Waals surface area contributed by atoms with Crippen molar-refractivity contribution in [2.45, 2.75) is 24.0 Å². The average molecular weight is 362 g/mol. The van der Waals surface area contributed by atoms with Gasteiger partial charge in [0.05, 0.1) is 12.3 Å². The molecule has 0 radical (unpaired) electrons. The van der Waals surface area contributed by atoms with Gasteiger partial charge < -0.3 is 31.5 Å². The topological polar surface area (TPSA) is 174 Å². The van der Waals surface area contributed by atoms with Crippen LogP contribution in [0.4, 0.5) is 11.5 Å². The number of nitrogen functional groups attached to an aromatic ring is 2. The van der Waals surface area contributed by atoms with Crippen molar-refractivity contribution in [3.63, 3.8) is 0 Å². The summed E-state index contributed by atoms with van der Waals surface area (Å²) >= 11 is 0. The third-order valence-electron chi connectivity index (χ3n) is 4.33. The van der Waals surface area contributed by atoms with Gasteiger partial charge in [0.25, 0.3) is 0 Å². The van der Waals surface area contributed by atoms with Crippen LogP contribution in [0.1, 0.15) is 16.6 Å². The van der Waals surface area contributed by atoms with Crippen LogP contribution in [0.3, 0.4) is 0 Å². The van der Waals surface area contributed by atoms with E-state index in [1.54, 1.807) is 18.2 Å². The molecule has 138 valence electrons. The molecule has 0 unspecified atom stereocenters. The molecule has 1 fully saturated rings. The van der Waals surface area contributed by atoms with Gasteiger partial charge in [-0.2, -0.15) is 4.98 Å². The second-order valence-electron chi connectivity index (χ2n) is 5.95. The third kappa shape index (κ3) is 2.65. The van der Waals surface area contributed by atoms with Crippen LogP contribution in [0.5, 0.6) is 0 Å². The molecule has 2 heterocycles. The molecule has 0 bridgehead atoms. The Bertz CT molecular complexity index is 886. The van der Waals surface area contributed by atoms with Crippen molar-refractivity contribution in [3.05, 3.63) is 52.6 Å². The number of nitrogens with two attached hydrogens (primary N) is 2. The zero-order chi connectivity index (χ0) is 19.1. The lowest BCUT2D eigenvalue weighted by Crippen LogP contribution is -2.54. The van der Waals surface area contributed by atoms with Gasteiger partial charge in [-0.3, -0.25) is 9.36 Å². The summed E-state index contributed by atoms with van der Waals surface area (Å²) in [6.07, 6.45) is -3.70. The van der Waals surface area contributed by atoms with Crippen LogP contribution in [-0.4, -0.2) is 55.1 Å². The van der Waals surface area contributed by atoms with E-state index in [1.807, 2.05) is 0 Å². The Kier molecular flexibility index (Phi) is 4.50. The molecule has 0 aliphatic carbocycles. The van der Waals surface area contributed by atoms with Gasteiger partial charge in [0, 0.05) is 11.8 Å². The minimum absolute atomic E-state index is 0.0790. The van der Waals surface area contributed by atoms with Crippen LogP contribution >= 0.6 is 0 Å². The summed E-state index contributed by atoms with van der Waals surface area (Å²) in [5.74, 6) is -1.10. The summed E-state index contributed by atoms with van der Waals surface area (Å²) < 4.78 is 6.17. The normalized spacial score (nSPS) is 28.2. The molecule has 0 saturated carbocycles. The molecule has 2 aromatic rings. The van der Waals surface area contributed by atoms with Crippen LogP contribution in [-0.2, 0) is 4.74 Å². The van der Waals surface area contributed by atoms with Gasteiger partial charge in [0.1, 0.15) is 12.2 Å². The van der Waals surface area contributed by atoms with E-state index in [9.17, 15) is 24.9 Å².